The maximum atomic E-state index is 13.6. The molecule has 4 saturated carbocycles. The quantitative estimate of drug-likeness (QED) is 0.637. The van der Waals surface area contributed by atoms with E-state index in [0.717, 1.165) is 66.8 Å². The second-order valence-corrected chi connectivity index (χ2v) is 11.2. The van der Waals surface area contributed by atoms with E-state index in [4.69, 9.17) is 4.74 Å². The van der Waals surface area contributed by atoms with E-state index in [1.54, 1.807) is 11.3 Å². The van der Waals surface area contributed by atoms with E-state index >= 15 is 0 Å². The van der Waals surface area contributed by atoms with Crippen molar-refractivity contribution in [3.8, 4) is 0 Å². The van der Waals surface area contributed by atoms with Crippen molar-refractivity contribution in [1.82, 2.24) is 0 Å². The zero-order valence-corrected chi connectivity index (χ0v) is 18.5. The highest BCUT2D eigenvalue weighted by molar-refractivity contribution is 7.17. The van der Waals surface area contributed by atoms with E-state index in [2.05, 4.69) is 12.2 Å². The van der Waals surface area contributed by atoms with E-state index in [0.29, 0.717) is 18.1 Å². The Morgan fingerprint density at radius 1 is 1.10 bits per heavy atom. The van der Waals surface area contributed by atoms with Gasteiger partial charge in [0.1, 0.15) is 5.00 Å². The summed E-state index contributed by atoms with van der Waals surface area (Å²) in [5, 5.41) is 4.03. The molecule has 0 aromatic carbocycles. The van der Waals surface area contributed by atoms with Crippen LogP contribution in [0.4, 0.5) is 5.00 Å². The minimum absolute atomic E-state index is 0.174. The van der Waals surface area contributed by atoms with Crippen molar-refractivity contribution < 1.29 is 14.3 Å². The molecular weight excluding hydrogens is 382 g/mol. The molecule has 158 valence electrons. The predicted molar refractivity (Wildman–Crippen MR) is 115 cm³/mol. The Labute approximate surface area is 177 Å². The maximum absolute atomic E-state index is 13.6. The zero-order valence-electron chi connectivity index (χ0n) is 17.7. The highest BCUT2D eigenvalue weighted by atomic mass is 32.1. The molecule has 1 aromatic rings. The molecule has 1 N–H and O–H groups in total. The third-order valence-corrected chi connectivity index (χ3v) is 9.34. The first kappa shape index (κ1) is 19.6. The van der Waals surface area contributed by atoms with Gasteiger partial charge in [-0.3, -0.25) is 4.79 Å². The lowest BCUT2D eigenvalue weighted by molar-refractivity contribution is -0.140. The molecule has 0 radical (unpaired) electrons. The fourth-order valence-electron chi connectivity index (χ4n) is 7.13. The van der Waals surface area contributed by atoms with Gasteiger partial charge < -0.3 is 10.1 Å². The van der Waals surface area contributed by atoms with Crippen LogP contribution >= 0.6 is 11.3 Å². The third-order valence-electron chi connectivity index (χ3n) is 8.17. The number of ether oxygens (including phenoxy) is 1. The number of thiophene rings is 1. The van der Waals surface area contributed by atoms with Gasteiger partial charge in [0.05, 0.1) is 17.6 Å². The summed E-state index contributed by atoms with van der Waals surface area (Å²) < 4.78 is 5.39. The minimum Gasteiger partial charge on any atom is -0.462 e. The van der Waals surface area contributed by atoms with Crippen molar-refractivity contribution in [2.24, 2.45) is 29.1 Å². The van der Waals surface area contributed by atoms with Gasteiger partial charge in [-0.25, -0.2) is 4.79 Å². The third kappa shape index (κ3) is 3.34. The average Bonchev–Trinajstić information content (AvgIpc) is 3.04. The molecule has 4 fully saturated rings. The Balaban J connectivity index is 1.44. The summed E-state index contributed by atoms with van der Waals surface area (Å²) >= 11 is 1.63. The van der Waals surface area contributed by atoms with Gasteiger partial charge in [-0.05, 0) is 93.9 Å². The summed E-state index contributed by atoms with van der Waals surface area (Å²) in [5.74, 6) is 2.80. The Bertz CT molecular complexity index is 791. The molecule has 5 aliphatic carbocycles. The SMILES string of the molecule is CCOC(=O)c1c(NC(=O)C23CC4CC(CC(C4)C2)C3)sc2c1CCC(CC)C2. The van der Waals surface area contributed by atoms with Crippen LogP contribution in [0, 0.1) is 29.1 Å². The van der Waals surface area contributed by atoms with E-state index in [1.165, 1.54) is 30.6 Å². The van der Waals surface area contributed by atoms with Crippen LogP contribution in [0.2, 0.25) is 0 Å². The van der Waals surface area contributed by atoms with Gasteiger partial charge in [-0.15, -0.1) is 11.3 Å². The molecule has 1 heterocycles. The van der Waals surface area contributed by atoms with Crippen LogP contribution in [-0.4, -0.2) is 18.5 Å². The summed E-state index contributed by atoms with van der Waals surface area (Å²) in [6, 6.07) is 0. The van der Waals surface area contributed by atoms with E-state index in [1.807, 2.05) is 6.92 Å². The summed E-state index contributed by atoms with van der Waals surface area (Å²) in [6.07, 6.45) is 11.3. The van der Waals surface area contributed by atoms with Crippen LogP contribution in [0.25, 0.3) is 0 Å². The number of fused-ring (bicyclic) bond motifs is 1. The minimum atomic E-state index is -0.263. The maximum Gasteiger partial charge on any atom is 0.341 e. The fourth-order valence-corrected chi connectivity index (χ4v) is 8.48. The number of hydrogen-bond acceptors (Lipinski definition) is 4. The number of amides is 1. The number of carbonyl (C=O) groups is 2. The molecule has 29 heavy (non-hydrogen) atoms. The van der Waals surface area contributed by atoms with Gasteiger partial charge in [0.2, 0.25) is 5.91 Å². The lowest BCUT2D eigenvalue weighted by atomic mass is 9.49. The molecule has 4 bridgehead atoms. The number of nitrogens with one attached hydrogen (secondary N) is 1. The molecule has 4 nitrogen and oxygen atoms in total. The van der Waals surface area contributed by atoms with Gasteiger partial charge >= 0.3 is 5.97 Å². The first-order valence-electron chi connectivity index (χ1n) is 11.6. The van der Waals surface area contributed by atoms with E-state index in [-0.39, 0.29) is 17.3 Å². The summed E-state index contributed by atoms with van der Waals surface area (Å²) in [4.78, 5) is 27.7. The van der Waals surface area contributed by atoms with Crippen molar-refractivity contribution in [1.29, 1.82) is 0 Å². The Morgan fingerprint density at radius 2 is 1.76 bits per heavy atom. The molecule has 1 aromatic heterocycles. The Kier molecular flexibility index (Phi) is 5.00. The summed E-state index contributed by atoms with van der Waals surface area (Å²) in [5.41, 5.74) is 1.59. The number of hydrogen-bond donors (Lipinski definition) is 1. The molecule has 5 aliphatic rings. The molecule has 5 heteroatoms. The van der Waals surface area contributed by atoms with Crippen LogP contribution in [0.3, 0.4) is 0 Å². The van der Waals surface area contributed by atoms with E-state index in [9.17, 15) is 9.59 Å². The number of anilines is 1. The number of carbonyl (C=O) groups excluding carboxylic acids is 2. The normalized spacial score (nSPS) is 34.7. The second kappa shape index (κ2) is 7.40. The lowest BCUT2D eigenvalue weighted by Gasteiger charge is -2.55. The lowest BCUT2D eigenvalue weighted by Crippen LogP contribution is -2.51. The van der Waals surface area contributed by atoms with E-state index < -0.39 is 0 Å². The molecule has 6 rings (SSSR count). The smallest absolute Gasteiger partial charge is 0.341 e. The van der Waals surface area contributed by atoms with Crippen molar-refractivity contribution in [2.75, 3.05) is 11.9 Å². The fraction of sp³-hybridized carbons (Fsp3) is 0.750. The summed E-state index contributed by atoms with van der Waals surface area (Å²) in [7, 11) is 0. The molecule has 1 amide bonds. The first-order valence-corrected chi connectivity index (χ1v) is 12.5. The highest BCUT2D eigenvalue weighted by Gasteiger charge is 2.54. The van der Waals surface area contributed by atoms with Crippen LogP contribution in [0.15, 0.2) is 0 Å². The largest absolute Gasteiger partial charge is 0.462 e. The number of esters is 1. The second-order valence-electron chi connectivity index (χ2n) is 10.1. The molecular formula is C24H33NO3S. The van der Waals surface area contributed by atoms with Crippen LogP contribution in [0.1, 0.15) is 86.0 Å². The topological polar surface area (TPSA) is 55.4 Å². The zero-order chi connectivity index (χ0) is 20.2. The molecule has 0 aliphatic heterocycles. The van der Waals surface area contributed by atoms with Crippen molar-refractivity contribution in [2.45, 2.75) is 78.1 Å². The summed E-state index contributed by atoms with van der Waals surface area (Å²) in [6.45, 7) is 4.45. The molecule has 0 spiro atoms. The standard InChI is InChI=1S/C24H33NO3S/c1-3-14-5-6-18-19(10-14)29-21(20(18)22(26)28-4-2)25-23(27)24-11-15-7-16(12-24)9-17(8-15)13-24/h14-17H,3-13H2,1-2H3,(H,25,27). The van der Waals surface area contributed by atoms with Gasteiger partial charge in [0.15, 0.2) is 0 Å². The molecule has 1 atom stereocenters. The Morgan fingerprint density at radius 3 is 2.34 bits per heavy atom. The Hall–Kier alpha value is -1.36. The highest BCUT2D eigenvalue weighted by Crippen LogP contribution is 2.60. The van der Waals surface area contributed by atoms with Crippen LogP contribution < -0.4 is 5.32 Å². The van der Waals surface area contributed by atoms with Crippen molar-refractivity contribution >= 4 is 28.2 Å². The van der Waals surface area contributed by atoms with Gasteiger partial charge in [0.25, 0.3) is 0 Å². The predicted octanol–water partition coefficient (Wildman–Crippen LogP) is 5.59. The van der Waals surface area contributed by atoms with Gasteiger partial charge in [-0.2, -0.15) is 0 Å². The number of rotatable bonds is 5. The molecule has 0 saturated heterocycles. The van der Waals surface area contributed by atoms with Crippen LogP contribution in [-0.2, 0) is 22.4 Å². The van der Waals surface area contributed by atoms with Gasteiger partial charge in [0, 0.05) is 4.88 Å². The van der Waals surface area contributed by atoms with Crippen molar-refractivity contribution in [3.05, 3.63) is 16.0 Å². The van der Waals surface area contributed by atoms with Gasteiger partial charge in [-0.1, -0.05) is 13.3 Å². The monoisotopic (exact) mass is 415 g/mol. The average molecular weight is 416 g/mol. The van der Waals surface area contributed by atoms with Crippen molar-refractivity contribution in [3.63, 3.8) is 0 Å². The first-order chi connectivity index (χ1) is 14.0. The molecule has 1 unspecified atom stereocenters. The van der Waals surface area contributed by atoms with Crippen LogP contribution in [0.5, 0.6) is 0 Å².